The van der Waals surface area contributed by atoms with E-state index in [-0.39, 0.29) is 17.5 Å². The van der Waals surface area contributed by atoms with Gasteiger partial charge in [-0.15, -0.1) is 13.2 Å². The Bertz CT molecular complexity index is 689. The first kappa shape index (κ1) is 14.9. The molecule has 0 aliphatic carbocycles. The lowest BCUT2D eigenvalue weighted by atomic mass is 10.0. The lowest BCUT2D eigenvalue weighted by molar-refractivity contribution is -0.274. The maximum absolute atomic E-state index is 13.8. The van der Waals surface area contributed by atoms with Gasteiger partial charge in [-0.3, -0.25) is 0 Å². The summed E-state index contributed by atoms with van der Waals surface area (Å²) in [7, 11) is 0. The average Bonchev–Trinajstić information content (AvgIpc) is 2.39. The van der Waals surface area contributed by atoms with Gasteiger partial charge in [-0.05, 0) is 35.4 Å². The van der Waals surface area contributed by atoms with Crippen LogP contribution in [0.25, 0.3) is 11.1 Å². The zero-order valence-electron chi connectivity index (χ0n) is 10.6. The number of rotatable bonds is 3. The highest BCUT2D eigenvalue weighted by atomic mass is 19.4. The van der Waals surface area contributed by atoms with Crippen molar-refractivity contribution >= 4 is 0 Å². The highest BCUT2D eigenvalue weighted by Gasteiger charge is 2.31. The van der Waals surface area contributed by atoms with E-state index >= 15 is 0 Å². The van der Waals surface area contributed by atoms with Crippen molar-refractivity contribution in [1.29, 1.82) is 5.26 Å². The molecule has 21 heavy (non-hydrogen) atoms. The third-order valence-electron chi connectivity index (χ3n) is 2.69. The van der Waals surface area contributed by atoms with Gasteiger partial charge in [0.05, 0.1) is 12.5 Å². The molecule has 0 bridgehead atoms. The van der Waals surface area contributed by atoms with Gasteiger partial charge in [0.1, 0.15) is 11.6 Å². The number of hydrogen-bond donors (Lipinski definition) is 0. The first-order valence-corrected chi connectivity index (χ1v) is 5.90. The zero-order chi connectivity index (χ0) is 15.5. The summed E-state index contributed by atoms with van der Waals surface area (Å²) in [5.74, 6) is -1.01. The Hall–Kier alpha value is -2.55. The summed E-state index contributed by atoms with van der Waals surface area (Å²) in [6.07, 6.45) is -4.72. The number of halogens is 4. The molecule has 2 aromatic carbocycles. The third-order valence-corrected chi connectivity index (χ3v) is 2.69. The molecule has 0 unspecified atom stereocenters. The fourth-order valence-electron chi connectivity index (χ4n) is 1.86. The molecule has 0 spiro atoms. The van der Waals surface area contributed by atoms with Crippen molar-refractivity contribution in [3.05, 3.63) is 53.8 Å². The SMILES string of the molecule is N#CCc1ccc(F)c(-c2cccc(OC(F)(F)F)c2)c1. The minimum atomic E-state index is -4.81. The van der Waals surface area contributed by atoms with E-state index in [0.29, 0.717) is 5.56 Å². The van der Waals surface area contributed by atoms with Crippen LogP contribution >= 0.6 is 0 Å². The van der Waals surface area contributed by atoms with Crippen molar-refractivity contribution in [1.82, 2.24) is 0 Å². The third kappa shape index (κ3) is 3.96. The van der Waals surface area contributed by atoms with Crippen LogP contribution in [-0.4, -0.2) is 6.36 Å². The number of alkyl halides is 3. The molecule has 0 N–H and O–H groups in total. The summed E-state index contributed by atoms with van der Waals surface area (Å²) in [5, 5.41) is 8.63. The topological polar surface area (TPSA) is 33.0 Å². The quantitative estimate of drug-likeness (QED) is 0.783. The molecule has 0 atom stereocenters. The van der Waals surface area contributed by atoms with E-state index in [4.69, 9.17) is 5.26 Å². The summed E-state index contributed by atoms with van der Waals surface area (Å²) in [4.78, 5) is 0. The molecule has 0 fully saturated rings. The lowest BCUT2D eigenvalue weighted by Crippen LogP contribution is -2.17. The maximum Gasteiger partial charge on any atom is 0.573 e. The standard InChI is InChI=1S/C15H9F4NO/c16-14-5-4-10(6-7-20)8-13(14)11-2-1-3-12(9-11)21-15(17,18)19/h1-5,8-9H,6H2. The molecule has 0 aliphatic heterocycles. The molecule has 0 heterocycles. The van der Waals surface area contributed by atoms with E-state index in [2.05, 4.69) is 4.74 Å². The van der Waals surface area contributed by atoms with Gasteiger partial charge in [0.2, 0.25) is 0 Å². The highest BCUT2D eigenvalue weighted by Crippen LogP contribution is 2.30. The molecule has 2 rings (SSSR count). The Morgan fingerprint density at radius 3 is 2.52 bits per heavy atom. The minimum Gasteiger partial charge on any atom is -0.406 e. The van der Waals surface area contributed by atoms with Crippen molar-refractivity contribution in [3.8, 4) is 22.9 Å². The van der Waals surface area contributed by atoms with Crippen molar-refractivity contribution < 1.29 is 22.3 Å². The van der Waals surface area contributed by atoms with E-state index in [0.717, 1.165) is 12.1 Å². The highest BCUT2D eigenvalue weighted by molar-refractivity contribution is 5.66. The van der Waals surface area contributed by atoms with E-state index < -0.39 is 17.9 Å². The van der Waals surface area contributed by atoms with Gasteiger partial charge in [0.25, 0.3) is 0 Å². The van der Waals surface area contributed by atoms with Crippen molar-refractivity contribution in [2.75, 3.05) is 0 Å². The molecule has 0 saturated heterocycles. The van der Waals surface area contributed by atoms with Gasteiger partial charge in [-0.2, -0.15) is 5.26 Å². The van der Waals surface area contributed by atoms with Gasteiger partial charge in [-0.1, -0.05) is 18.2 Å². The molecule has 2 aromatic rings. The molecule has 0 aliphatic rings. The Labute approximate surface area is 118 Å². The summed E-state index contributed by atoms with van der Waals surface area (Å²) in [6, 6.07) is 11.0. The van der Waals surface area contributed by atoms with Crippen LogP contribution < -0.4 is 4.74 Å². The van der Waals surface area contributed by atoms with Crippen LogP contribution in [0.1, 0.15) is 5.56 Å². The van der Waals surface area contributed by atoms with Crippen molar-refractivity contribution in [2.24, 2.45) is 0 Å². The van der Waals surface area contributed by atoms with Crippen LogP contribution in [0.2, 0.25) is 0 Å². The molecule has 108 valence electrons. The van der Waals surface area contributed by atoms with Gasteiger partial charge in [-0.25, -0.2) is 4.39 Å². The normalized spacial score (nSPS) is 11.0. The van der Waals surface area contributed by atoms with Crippen molar-refractivity contribution in [2.45, 2.75) is 12.8 Å². The van der Waals surface area contributed by atoms with Crippen LogP contribution in [0.4, 0.5) is 17.6 Å². The first-order valence-electron chi connectivity index (χ1n) is 5.90. The Kier molecular flexibility index (Phi) is 4.13. The smallest absolute Gasteiger partial charge is 0.406 e. The van der Waals surface area contributed by atoms with Crippen LogP contribution in [0.3, 0.4) is 0 Å². The predicted molar refractivity (Wildman–Crippen MR) is 67.8 cm³/mol. The molecular weight excluding hydrogens is 286 g/mol. The molecule has 6 heteroatoms. The molecule has 0 saturated carbocycles. The number of nitrogens with zero attached hydrogens (tertiary/aromatic N) is 1. The molecule has 0 amide bonds. The van der Waals surface area contributed by atoms with Crippen LogP contribution in [-0.2, 0) is 6.42 Å². The molecule has 0 aromatic heterocycles. The molecular formula is C15H9F4NO. The Morgan fingerprint density at radius 2 is 1.86 bits per heavy atom. The van der Waals surface area contributed by atoms with E-state index in [9.17, 15) is 17.6 Å². The predicted octanol–water partition coefficient (Wildman–Crippen LogP) is 4.46. The second-order valence-corrected chi connectivity index (χ2v) is 4.22. The van der Waals surface area contributed by atoms with Gasteiger partial charge in [0.15, 0.2) is 0 Å². The second-order valence-electron chi connectivity index (χ2n) is 4.22. The first-order chi connectivity index (χ1) is 9.89. The van der Waals surface area contributed by atoms with Crippen LogP contribution in [0.15, 0.2) is 42.5 Å². The molecule has 2 nitrogen and oxygen atoms in total. The largest absolute Gasteiger partial charge is 0.573 e. The number of benzene rings is 2. The van der Waals surface area contributed by atoms with E-state index in [1.165, 1.54) is 30.3 Å². The zero-order valence-corrected chi connectivity index (χ0v) is 10.6. The minimum absolute atomic E-state index is 0.0893. The second kappa shape index (κ2) is 5.83. The maximum atomic E-state index is 13.8. The van der Waals surface area contributed by atoms with Crippen molar-refractivity contribution in [3.63, 3.8) is 0 Å². The lowest BCUT2D eigenvalue weighted by Gasteiger charge is -2.11. The molecule has 0 radical (unpaired) electrons. The Morgan fingerprint density at radius 1 is 1.10 bits per heavy atom. The van der Waals surface area contributed by atoms with E-state index in [1.54, 1.807) is 0 Å². The number of nitriles is 1. The van der Waals surface area contributed by atoms with Crippen LogP contribution in [0, 0.1) is 17.1 Å². The summed E-state index contributed by atoms with van der Waals surface area (Å²) < 4.78 is 54.2. The number of ether oxygens (including phenoxy) is 1. The van der Waals surface area contributed by atoms with Gasteiger partial charge in [0, 0.05) is 5.56 Å². The summed E-state index contributed by atoms with van der Waals surface area (Å²) >= 11 is 0. The average molecular weight is 295 g/mol. The fraction of sp³-hybridized carbons (Fsp3) is 0.133. The Balaban J connectivity index is 2.40. The summed E-state index contributed by atoms with van der Waals surface area (Å²) in [5.41, 5.74) is 0.945. The van der Waals surface area contributed by atoms with E-state index in [1.807, 2.05) is 6.07 Å². The van der Waals surface area contributed by atoms with Gasteiger partial charge < -0.3 is 4.74 Å². The number of hydrogen-bond acceptors (Lipinski definition) is 2. The fourth-order valence-corrected chi connectivity index (χ4v) is 1.86. The monoisotopic (exact) mass is 295 g/mol. The van der Waals surface area contributed by atoms with Crippen LogP contribution in [0.5, 0.6) is 5.75 Å². The van der Waals surface area contributed by atoms with Gasteiger partial charge >= 0.3 is 6.36 Å². The summed E-state index contributed by atoms with van der Waals surface area (Å²) in [6.45, 7) is 0.